The second-order valence-corrected chi connectivity index (χ2v) is 4.28. The summed E-state index contributed by atoms with van der Waals surface area (Å²) in [5, 5.41) is 7.87. The fraction of sp³-hybridized carbons (Fsp3) is 0. The molecule has 0 saturated carbocycles. The maximum Gasteiger partial charge on any atom is 0.290 e. The third kappa shape index (κ3) is 5.17. The van der Waals surface area contributed by atoms with Crippen molar-refractivity contribution in [1.29, 1.82) is 0 Å². The zero-order valence-corrected chi connectivity index (χ0v) is 11.4. The van der Waals surface area contributed by atoms with Gasteiger partial charge in [-0.2, -0.15) is 0 Å². The normalized spacial score (nSPS) is 8.62. The van der Waals surface area contributed by atoms with Crippen molar-refractivity contribution >= 4 is 84.1 Å². The van der Waals surface area contributed by atoms with E-state index in [9.17, 15) is 0 Å². The summed E-state index contributed by atoms with van der Waals surface area (Å²) in [6.45, 7) is -0.250. The summed E-state index contributed by atoms with van der Waals surface area (Å²) in [4.78, 5) is 12.3. The predicted octanol–water partition coefficient (Wildman–Crippen LogP) is 0.465. The molecule has 0 aliphatic heterocycles. The van der Waals surface area contributed by atoms with Crippen molar-refractivity contribution in [3.05, 3.63) is 16.2 Å². The molecule has 13 heavy (non-hydrogen) atoms. The SMILES string of the molecule is Nc1cc(Cl)n[c]([K])c1Cl.O=CO. The van der Waals surface area contributed by atoms with E-state index in [4.69, 9.17) is 38.8 Å². The number of hydrogen-bond acceptors (Lipinski definition) is 3. The van der Waals surface area contributed by atoms with Crippen LogP contribution in [0.5, 0.6) is 0 Å². The van der Waals surface area contributed by atoms with Crippen LogP contribution in [0.1, 0.15) is 0 Å². The molecule has 0 aromatic carbocycles. The van der Waals surface area contributed by atoms with Crippen LogP contribution in [0.25, 0.3) is 0 Å². The topological polar surface area (TPSA) is 76.2 Å². The van der Waals surface area contributed by atoms with E-state index >= 15 is 0 Å². The second-order valence-electron chi connectivity index (χ2n) is 2.04. The maximum atomic E-state index is 8.36. The molecule has 0 atom stereocenters. The van der Waals surface area contributed by atoms with Crippen LogP contribution >= 0.6 is 23.2 Å². The van der Waals surface area contributed by atoms with Gasteiger partial charge in [0.15, 0.2) is 0 Å². The number of pyridine rings is 1. The maximum absolute atomic E-state index is 8.36. The molecule has 0 spiro atoms. The van der Waals surface area contributed by atoms with Crippen LogP contribution in [0.4, 0.5) is 5.69 Å². The third-order valence-electron chi connectivity index (χ3n) is 1.12. The Labute approximate surface area is 119 Å². The molecule has 1 aromatic rings. The van der Waals surface area contributed by atoms with E-state index in [0.29, 0.717) is 64.8 Å². The van der Waals surface area contributed by atoms with Gasteiger partial charge in [0.2, 0.25) is 0 Å². The molecule has 0 radical (unpaired) electrons. The van der Waals surface area contributed by atoms with Crippen LogP contribution in [-0.2, 0) is 4.79 Å². The number of hydrogen-bond donors (Lipinski definition) is 2. The van der Waals surface area contributed by atoms with Crippen molar-refractivity contribution in [1.82, 2.24) is 4.98 Å². The Balaban J connectivity index is 0.000000424. The first-order chi connectivity index (χ1) is 6.02. The molecule has 0 saturated heterocycles. The average Bonchev–Trinajstić information content (AvgIpc) is 2.01. The smallest absolute Gasteiger partial charge is 0.290 e. The van der Waals surface area contributed by atoms with Gasteiger partial charge in [-0.25, -0.2) is 0 Å². The van der Waals surface area contributed by atoms with Gasteiger partial charge in [0.05, 0.1) is 0 Å². The number of nitrogens with two attached hydrogens (primary N) is 1. The van der Waals surface area contributed by atoms with E-state index in [1.807, 2.05) is 0 Å². The Morgan fingerprint density at radius 3 is 2.46 bits per heavy atom. The number of carboxylic acid groups (broad SMARTS) is 1. The molecule has 0 aliphatic rings. The standard InChI is InChI=1S/C5H3Cl2N2.CH2O2.K/c6-3-2-9-5(7)1-4(3)8;2-1-3;/h1H,(H2,8,9);1H,(H,2,3);. The molecule has 1 aromatic heterocycles. The Bertz CT molecular complexity index is 286. The summed E-state index contributed by atoms with van der Waals surface area (Å²) in [7, 11) is 0. The van der Waals surface area contributed by atoms with Gasteiger partial charge < -0.3 is 5.11 Å². The number of anilines is 1. The minimum Gasteiger partial charge on any atom is -0.483 e. The Morgan fingerprint density at radius 1 is 1.62 bits per heavy atom. The van der Waals surface area contributed by atoms with Crippen LogP contribution in [-0.4, -0.2) is 65.5 Å². The fourth-order valence-corrected chi connectivity index (χ4v) is 2.03. The summed E-state index contributed by atoms with van der Waals surface area (Å²) in [6.07, 6.45) is 0. The van der Waals surface area contributed by atoms with E-state index in [1.54, 1.807) is 6.07 Å². The molecule has 7 heteroatoms. The van der Waals surface area contributed by atoms with Crippen LogP contribution < -0.4 is 5.52 Å². The van der Waals surface area contributed by atoms with E-state index < -0.39 is 0 Å². The number of rotatable bonds is 0. The molecule has 0 fully saturated rings. The molecule has 0 amide bonds. The Kier molecular flexibility index (Phi) is 7.34. The molecular weight excluding hydrogens is 242 g/mol. The molecule has 4 nitrogen and oxygen atoms in total. The van der Waals surface area contributed by atoms with Crippen LogP contribution in [0.2, 0.25) is 10.2 Å². The first-order valence-electron chi connectivity index (χ1n) is 3.19. The average molecular weight is 247 g/mol. The number of nitrogen functional groups attached to an aromatic ring is 1. The third-order valence-corrected chi connectivity index (χ3v) is 3.43. The van der Waals surface area contributed by atoms with Gasteiger partial charge in [-0.15, -0.1) is 0 Å². The zero-order chi connectivity index (χ0) is 10.4. The van der Waals surface area contributed by atoms with Gasteiger partial charge in [-0.3, -0.25) is 4.79 Å². The predicted molar refractivity (Wildman–Crippen MR) is 52.8 cm³/mol. The Hall–Kier alpha value is 0.636. The van der Waals surface area contributed by atoms with Crippen molar-refractivity contribution in [3.8, 4) is 0 Å². The van der Waals surface area contributed by atoms with Crippen LogP contribution in [0, 0.1) is 0 Å². The number of carbonyl (C=O) groups is 1. The first kappa shape index (κ1) is 13.6. The summed E-state index contributed by atoms with van der Waals surface area (Å²) in [5.74, 6) is 0. The van der Waals surface area contributed by atoms with Crippen molar-refractivity contribution < 1.29 is 9.90 Å². The molecule has 1 heterocycles. The fourth-order valence-electron chi connectivity index (χ4n) is 0.642. The first-order valence-corrected chi connectivity index (χ1v) is 5.50. The monoisotopic (exact) mass is 246 g/mol. The van der Waals surface area contributed by atoms with Crippen molar-refractivity contribution in [2.24, 2.45) is 0 Å². The minimum atomic E-state index is -0.250. The summed E-state index contributed by atoms with van der Waals surface area (Å²) < 4.78 is 0.846. The van der Waals surface area contributed by atoms with Gasteiger partial charge in [0.25, 0.3) is 6.47 Å². The van der Waals surface area contributed by atoms with E-state index in [0.717, 1.165) is -0.212 Å². The van der Waals surface area contributed by atoms with Gasteiger partial charge >= 0.3 is 105 Å². The number of nitrogens with zero attached hydrogens (tertiary/aromatic N) is 1. The second kappa shape index (κ2) is 7.00. The van der Waals surface area contributed by atoms with E-state index in [1.165, 1.54) is 0 Å². The molecule has 66 valence electrons. The minimum absolute atomic E-state index is 0.250. The van der Waals surface area contributed by atoms with Crippen LogP contribution in [0.3, 0.4) is 0 Å². The molecular formula is C6H5Cl2KN2O2. The van der Waals surface area contributed by atoms with Crippen molar-refractivity contribution in [3.63, 3.8) is 0 Å². The molecule has 3 N–H and O–H groups in total. The van der Waals surface area contributed by atoms with Crippen molar-refractivity contribution in [2.45, 2.75) is 0 Å². The summed E-state index contributed by atoms with van der Waals surface area (Å²) in [6, 6.07) is 1.55. The summed E-state index contributed by atoms with van der Waals surface area (Å²) in [5.41, 5.74) is 6.01. The molecule has 0 aliphatic carbocycles. The van der Waals surface area contributed by atoms with Crippen LogP contribution in [0.15, 0.2) is 6.07 Å². The quantitative estimate of drug-likeness (QED) is 0.397. The van der Waals surface area contributed by atoms with E-state index in [2.05, 4.69) is 4.98 Å². The van der Waals surface area contributed by atoms with E-state index in [-0.39, 0.29) is 6.47 Å². The largest absolute Gasteiger partial charge is 0.483 e. The molecule has 1 rings (SSSR count). The van der Waals surface area contributed by atoms with Gasteiger partial charge in [-0.05, 0) is 0 Å². The van der Waals surface area contributed by atoms with Gasteiger partial charge in [0.1, 0.15) is 0 Å². The summed E-state index contributed by atoms with van der Waals surface area (Å²) >= 11 is 11.8. The Morgan fingerprint density at radius 2 is 2.08 bits per heavy atom. The molecule has 0 unspecified atom stereocenters. The van der Waals surface area contributed by atoms with Gasteiger partial charge in [0, 0.05) is 0 Å². The van der Waals surface area contributed by atoms with Crippen molar-refractivity contribution in [2.75, 3.05) is 5.73 Å². The zero-order valence-electron chi connectivity index (χ0n) is 6.79. The number of halogens is 2. The molecule has 0 bridgehead atoms. The van der Waals surface area contributed by atoms with Gasteiger partial charge in [-0.1, -0.05) is 0 Å². The number of aromatic nitrogens is 1.